The quantitative estimate of drug-likeness (QED) is 0.304. The monoisotopic (exact) mass is 344 g/mol. The van der Waals surface area contributed by atoms with Crippen molar-refractivity contribution in [2.45, 2.75) is 6.92 Å². The van der Waals surface area contributed by atoms with Crippen LogP contribution in [-0.2, 0) is 0 Å². The standard InChI is InChI=1S/C22H16O4/c1-3-13-25-19-12-10-17-15(2)14-20(24)26-22(17)21(19)18(23)11-9-16-7-5-4-6-8-16/h1,4-12,14H,13H2,2H3. The fourth-order valence-electron chi connectivity index (χ4n) is 2.66. The van der Waals surface area contributed by atoms with Crippen molar-refractivity contribution in [3.63, 3.8) is 0 Å². The van der Waals surface area contributed by atoms with Gasteiger partial charge in [0.05, 0.1) is 0 Å². The molecule has 0 radical (unpaired) electrons. The lowest BCUT2D eigenvalue weighted by Crippen LogP contribution is -2.06. The summed E-state index contributed by atoms with van der Waals surface area (Å²) in [5.74, 6) is 2.32. The number of ether oxygens (including phenoxy) is 1. The molecule has 0 N–H and O–H groups in total. The van der Waals surface area contributed by atoms with Crippen molar-refractivity contribution < 1.29 is 13.9 Å². The van der Waals surface area contributed by atoms with Gasteiger partial charge in [0.2, 0.25) is 0 Å². The predicted molar refractivity (Wildman–Crippen MR) is 101 cm³/mol. The minimum atomic E-state index is -0.523. The zero-order valence-electron chi connectivity index (χ0n) is 14.2. The molecule has 0 aliphatic carbocycles. The molecular weight excluding hydrogens is 328 g/mol. The Morgan fingerprint density at radius 3 is 2.73 bits per heavy atom. The van der Waals surface area contributed by atoms with Crippen LogP contribution in [0.15, 0.2) is 63.8 Å². The van der Waals surface area contributed by atoms with E-state index in [-0.39, 0.29) is 29.3 Å². The van der Waals surface area contributed by atoms with E-state index in [2.05, 4.69) is 5.92 Å². The average molecular weight is 344 g/mol. The molecule has 0 aliphatic rings. The smallest absolute Gasteiger partial charge is 0.336 e. The molecule has 4 heteroatoms. The Bertz CT molecular complexity index is 1080. The molecule has 0 unspecified atom stereocenters. The molecule has 0 spiro atoms. The third-order valence-electron chi connectivity index (χ3n) is 3.87. The number of carbonyl (C=O) groups excluding carboxylic acids is 1. The Balaban J connectivity index is 2.14. The number of allylic oxidation sites excluding steroid dienone is 1. The molecule has 26 heavy (non-hydrogen) atoms. The van der Waals surface area contributed by atoms with Gasteiger partial charge in [-0.25, -0.2) is 4.79 Å². The normalized spacial score (nSPS) is 10.8. The Morgan fingerprint density at radius 1 is 1.23 bits per heavy atom. The van der Waals surface area contributed by atoms with Crippen molar-refractivity contribution in [2.24, 2.45) is 0 Å². The van der Waals surface area contributed by atoms with Crippen LogP contribution in [0.25, 0.3) is 17.0 Å². The fourth-order valence-corrected chi connectivity index (χ4v) is 2.66. The van der Waals surface area contributed by atoms with Crippen molar-refractivity contribution in [3.8, 4) is 18.1 Å². The SMILES string of the molecule is C#CCOc1ccc2c(C)cc(=O)oc2c1C(=O)C=Cc1ccccc1. The highest BCUT2D eigenvalue weighted by atomic mass is 16.5. The first kappa shape index (κ1) is 17.2. The van der Waals surface area contributed by atoms with Gasteiger partial charge in [0.25, 0.3) is 0 Å². The van der Waals surface area contributed by atoms with E-state index >= 15 is 0 Å². The second kappa shape index (κ2) is 7.54. The van der Waals surface area contributed by atoms with E-state index in [1.807, 2.05) is 30.3 Å². The predicted octanol–water partition coefficient (Wildman–Crippen LogP) is 4.01. The number of rotatable bonds is 5. The van der Waals surface area contributed by atoms with Gasteiger partial charge in [-0.2, -0.15) is 0 Å². The van der Waals surface area contributed by atoms with Gasteiger partial charge in [0.15, 0.2) is 11.4 Å². The first-order valence-electron chi connectivity index (χ1n) is 8.01. The summed E-state index contributed by atoms with van der Waals surface area (Å²) in [5, 5.41) is 0.675. The molecular formula is C22H16O4. The maximum atomic E-state index is 12.9. The topological polar surface area (TPSA) is 56.5 Å². The van der Waals surface area contributed by atoms with Crippen molar-refractivity contribution in [3.05, 3.63) is 81.7 Å². The van der Waals surface area contributed by atoms with Crippen molar-refractivity contribution in [1.82, 2.24) is 0 Å². The molecule has 2 aromatic carbocycles. The van der Waals surface area contributed by atoms with E-state index in [9.17, 15) is 9.59 Å². The summed E-state index contributed by atoms with van der Waals surface area (Å²) in [4.78, 5) is 24.7. The zero-order chi connectivity index (χ0) is 18.5. The van der Waals surface area contributed by atoms with E-state index in [0.29, 0.717) is 5.39 Å². The Labute approximate surface area is 150 Å². The zero-order valence-corrected chi connectivity index (χ0v) is 14.2. The minimum absolute atomic E-state index is 0.00420. The lowest BCUT2D eigenvalue weighted by Gasteiger charge is -2.10. The highest BCUT2D eigenvalue weighted by Crippen LogP contribution is 2.30. The van der Waals surface area contributed by atoms with E-state index < -0.39 is 5.63 Å². The van der Waals surface area contributed by atoms with Crippen LogP contribution in [0, 0.1) is 19.3 Å². The number of aryl methyl sites for hydroxylation is 1. The molecule has 3 aromatic rings. The molecule has 3 rings (SSSR count). The van der Waals surface area contributed by atoms with Gasteiger partial charge in [-0.05, 0) is 36.3 Å². The van der Waals surface area contributed by atoms with Gasteiger partial charge in [0, 0.05) is 11.5 Å². The minimum Gasteiger partial charge on any atom is -0.480 e. The number of ketones is 1. The first-order valence-corrected chi connectivity index (χ1v) is 8.01. The summed E-state index contributed by atoms with van der Waals surface area (Å²) in [6, 6.07) is 14.2. The van der Waals surface area contributed by atoms with Crippen LogP contribution in [0.2, 0.25) is 0 Å². The molecule has 0 saturated carbocycles. The summed E-state index contributed by atoms with van der Waals surface area (Å²) in [6.07, 6.45) is 8.37. The second-order valence-electron chi connectivity index (χ2n) is 5.66. The molecule has 0 amide bonds. The van der Waals surface area contributed by atoms with Crippen molar-refractivity contribution >= 4 is 22.8 Å². The molecule has 0 aliphatic heterocycles. The molecule has 0 atom stereocenters. The molecule has 0 bridgehead atoms. The third-order valence-corrected chi connectivity index (χ3v) is 3.87. The number of fused-ring (bicyclic) bond motifs is 1. The second-order valence-corrected chi connectivity index (χ2v) is 5.66. The number of benzene rings is 2. The third kappa shape index (κ3) is 3.57. The Hall–Kier alpha value is -3.58. The van der Waals surface area contributed by atoms with Crippen LogP contribution in [0.3, 0.4) is 0 Å². The van der Waals surface area contributed by atoms with Crippen LogP contribution in [-0.4, -0.2) is 12.4 Å². The van der Waals surface area contributed by atoms with E-state index in [0.717, 1.165) is 11.1 Å². The van der Waals surface area contributed by atoms with Gasteiger partial charge >= 0.3 is 5.63 Å². The molecule has 128 valence electrons. The Kier molecular flexibility index (Phi) is 5.00. The van der Waals surface area contributed by atoms with Crippen LogP contribution in [0.5, 0.6) is 5.75 Å². The number of terminal acetylenes is 1. The number of hydrogen-bond acceptors (Lipinski definition) is 4. The summed E-state index contributed by atoms with van der Waals surface area (Å²) in [6.45, 7) is 1.79. The summed E-state index contributed by atoms with van der Waals surface area (Å²) >= 11 is 0. The van der Waals surface area contributed by atoms with Crippen LogP contribution in [0.1, 0.15) is 21.5 Å². The Morgan fingerprint density at radius 2 is 2.00 bits per heavy atom. The average Bonchev–Trinajstić information content (AvgIpc) is 2.64. The maximum absolute atomic E-state index is 12.9. The van der Waals surface area contributed by atoms with Crippen molar-refractivity contribution in [1.29, 1.82) is 0 Å². The van der Waals surface area contributed by atoms with Crippen molar-refractivity contribution in [2.75, 3.05) is 6.61 Å². The fraction of sp³-hybridized carbons (Fsp3) is 0.0909. The molecule has 0 saturated heterocycles. The van der Waals surface area contributed by atoms with E-state index in [4.69, 9.17) is 15.6 Å². The maximum Gasteiger partial charge on any atom is 0.336 e. The van der Waals surface area contributed by atoms with Gasteiger partial charge in [-0.15, -0.1) is 6.42 Å². The highest BCUT2D eigenvalue weighted by molar-refractivity contribution is 6.15. The summed E-state index contributed by atoms with van der Waals surface area (Å²) in [7, 11) is 0. The van der Waals surface area contributed by atoms with Gasteiger partial charge in [-0.1, -0.05) is 42.3 Å². The molecule has 1 aromatic heterocycles. The highest BCUT2D eigenvalue weighted by Gasteiger charge is 2.18. The first-order chi connectivity index (χ1) is 12.6. The van der Waals surface area contributed by atoms with E-state index in [1.165, 1.54) is 12.1 Å². The molecule has 1 heterocycles. The number of carbonyl (C=O) groups is 1. The van der Waals surface area contributed by atoms with E-state index in [1.54, 1.807) is 25.1 Å². The lowest BCUT2D eigenvalue weighted by molar-refractivity contribution is 0.104. The molecule has 4 nitrogen and oxygen atoms in total. The number of hydrogen-bond donors (Lipinski definition) is 0. The lowest BCUT2D eigenvalue weighted by atomic mass is 10.0. The van der Waals surface area contributed by atoms with Crippen LogP contribution >= 0.6 is 0 Å². The van der Waals surface area contributed by atoms with Gasteiger partial charge in [0.1, 0.15) is 17.9 Å². The van der Waals surface area contributed by atoms with Crippen LogP contribution < -0.4 is 10.4 Å². The molecule has 0 fully saturated rings. The summed E-state index contributed by atoms with van der Waals surface area (Å²) in [5.41, 5.74) is 1.47. The van der Waals surface area contributed by atoms with Crippen LogP contribution in [0.4, 0.5) is 0 Å². The van der Waals surface area contributed by atoms with Gasteiger partial charge in [-0.3, -0.25) is 4.79 Å². The summed E-state index contributed by atoms with van der Waals surface area (Å²) < 4.78 is 10.8. The van der Waals surface area contributed by atoms with Gasteiger partial charge < -0.3 is 9.15 Å². The largest absolute Gasteiger partial charge is 0.480 e.